The van der Waals surface area contributed by atoms with Crippen molar-refractivity contribution in [2.75, 3.05) is 57.0 Å². The van der Waals surface area contributed by atoms with E-state index in [1.165, 1.54) is 43.8 Å². The molecule has 2 aliphatic heterocycles. The van der Waals surface area contributed by atoms with E-state index < -0.39 is 23.1 Å². The molecule has 2 saturated heterocycles. The Kier molecular flexibility index (Phi) is 11.1. The number of piperazine rings is 1. The summed E-state index contributed by atoms with van der Waals surface area (Å²) in [5.41, 5.74) is 8.14. The number of aromatic nitrogens is 2. The van der Waals surface area contributed by atoms with Crippen molar-refractivity contribution in [3.63, 3.8) is 0 Å². The number of pyridine rings is 1. The first kappa shape index (κ1) is 39.3. The third-order valence-electron chi connectivity index (χ3n) is 11.7. The SMILES string of the molecule is COc1cc(CN2CCN(C3CC4(CCN(c5ccc(C(=O)NSc6ccc(N)c([N+](=O)[O-])c6)c(Oc6cnc7[nH]cc(F)c7c6)c5)CC4)C3)CC2)ccc1C(F)F. The van der Waals surface area contributed by atoms with E-state index in [0.717, 1.165) is 88.2 Å². The number of amides is 1. The van der Waals surface area contributed by atoms with Crippen LogP contribution in [0.4, 0.5) is 30.2 Å². The summed E-state index contributed by atoms with van der Waals surface area (Å²) in [7, 11) is 1.42. The number of anilines is 2. The van der Waals surface area contributed by atoms with E-state index in [9.17, 15) is 28.1 Å². The molecule has 3 fully saturated rings. The summed E-state index contributed by atoms with van der Waals surface area (Å²) in [5, 5.41) is 11.6. The van der Waals surface area contributed by atoms with Gasteiger partial charge in [-0.2, -0.15) is 0 Å². The summed E-state index contributed by atoms with van der Waals surface area (Å²) in [4.78, 5) is 39.1. The number of alkyl halides is 2. The molecule has 17 heteroatoms. The molecule has 0 atom stereocenters. The van der Waals surface area contributed by atoms with Crippen molar-refractivity contribution >= 4 is 46.0 Å². The second-order valence-electron chi connectivity index (χ2n) is 15.2. The van der Waals surface area contributed by atoms with E-state index in [-0.39, 0.29) is 50.6 Å². The number of nitrogens with zero attached hydrogens (tertiary/aromatic N) is 5. The minimum Gasteiger partial charge on any atom is -0.496 e. The number of benzene rings is 3. The predicted molar refractivity (Wildman–Crippen MR) is 215 cm³/mol. The van der Waals surface area contributed by atoms with Gasteiger partial charge in [0.1, 0.15) is 34.4 Å². The molecule has 0 bridgehead atoms. The minimum absolute atomic E-state index is 0.0195. The number of fused-ring (bicyclic) bond motifs is 1. The topological polar surface area (TPSA) is 155 Å². The van der Waals surface area contributed by atoms with Crippen molar-refractivity contribution in [1.82, 2.24) is 24.5 Å². The third kappa shape index (κ3) is 8.24. The molecule has 0 radical (unpaired) electrons. The molecule has 4 N–H and O–H groups in total. The highest BCUT2D eigenvalue weighted by Gasteiger charge is 2.48. The second kappa shape index (κ2) is 16.4. The Morgan fingerprint density at radius 1 is 1.05 bits per heavy atom. The number of nitrogens with one attached hydrogen (secondary N) is 2. The lowest BCUT2D eigenvalue weighted by molar-refractivity contribution is -0.384. The van der Waals surface area contributed by atoms with Gasteiger partial charge in [0.15, 0.2) is 0 Å². The number of rotatable bonds is 12. The highest BCUT2D eigenvalue weighted by molar-refractivity contribution is 7.98. The van der Waals surface area contributed by atoms with Crippen LogP contribution in [0.1, 0.15) is 53.6 Å². The molecule has 3 aliphatic rings. The molecule has 58 heavy (non-hydrogen) atoms. The Labute approximate surface area is 337 Å². The van der Waals surface area contributed by atoms with Crippen LogP contribution in [0, 0.1) is 21.3 Å². The van der Waals surface area contributed by atoms with E-state index in [1.807, 2.05) is 12.1 Å². The molecule has 8 rings (SSSR count). The molecular formula is C41H43F3N8O5S. The lowest BCUT2D eigenvalue weighted by Crippen LogP contribution is -2.59. The summed E-state index contributed by atoms with van der Waals surface area (Å²) in [6, 6.07) is 16.7. The number of nitrogens with two attached hydrogens (primary N) is 1. The Morgan fingerprint density at radius 2 is 1.83 bits per heavy atom. The lowest BCUT2D eigenvalue weighted by atomic mass is 9.60. The molecule has 0 unspecified atom stereocenters. The monoisotopic (exact) mass is 816 g/mol. The summed E-state index contributed by atoms with van der Waals surface area (Å²) in [6.45, 7) is 6.16. The highest BCUT2D eigenvalue weighted by Crippen LogP contribution is 2.51. The van der Waals surface area contributed by atoms with E-state index >= 15 is 0 Å². The average molecular weight is 817 g/mol. The van der Waals surface area contributed by atoms with Gasteiger partial charge in [0.25, 0.3) is 18.0 Å². The van der Waals surface area contributed by atoms with Gasteiger partial charge in [-0.25, -0.2) is 18.2 Å². The number of ether oxygens (including phenoxy) is 2. The number of halogens is 3. The zero-order chi connectivity index (χ0) is 40.6. The number of nitro groups is 1. The van der Waals surface area contributed by atoms with Gasteiger partial charge in [0, 0.05) is 80.8 Å². The van der Waals surface area contributed by atoms with Crippen LogP contribution in [0.5, 0.6) is 17.2 Å². The predicted octanol–water partition coefficient (Wildman–Crippen LogP) is 7.93. The number of carbonyl (C=O) groups is 1. The summed E-state index contributed by atoms with van der Waals surface area (Å²) in [6.07, 6.45) is 4.49. The smallest absolute Gasteiger partial charge is 0.293 e. The zero-order valence-electron chi connectivity index (χ0n) is 31.8. The largest absolute Gasteiger partial charge is 0.496 e. The van der Waals surface area contributed by atoms with Crippen LogP contribution in [0.25, 0.3) is 11.0 Å². The van der Waals surface area contributed by atoms with Crippen LogP contribution in [0.2, 0.25) is 0 Å². The number of hydrogen-bond acceptors (Lipinski definition) is 11. The quantitative estimate of drug-likeness (QED) is 0.0487. The molecule has 1 spiro atoms. The molecule has 1 saturated carbocycles. The Balaban J connectivity index is 0.892. The fraction of sp³-hybridized carbons (Fsp3) is 0.366. The molecule has 3 aromatic carbocycles. The second-order valence-corrected chi connectivity index (χ2v) is 16.1. The van der Waals surface area contributed by atoms with E-state index in [0.29, 0.717) is 23.1 Å². The van der Waals surface area contributed by atoms with E-state index in [2.05, 4.69) is 29.4 Å². The number of nitrogen functional groups attached to an aromatic ring is 1. The van der Waals surface area contributed by atoms with Gasteiger partial charge >= 0.3 is 0 Å². The lowest BCUT2D eigenvalue weighted by Gasteiger charge is -2.56. The van der Waals surface area contributed by atoms with Crippen LogP contribution in [0.15, 0.2) is 78.0 Å². The van der Waals surface area contributed by atoms with Gasteiger partial charge in [-0.3, -0.25) is 29.4 Å². The molecule has 1 aliphatic carbocycles. The summed E-state index contributed by atoms with van der Waals surface area (Å²) in [5.74, 6) is -0.231. The highest BCUT2D eigenvalue weighted by atomic mass is 32.2. The first-order valence-electron chi connectivity index (χ1n) is 19.1. The molecular weight excluding hydrogens is 774 g/mol. The van der Waals surface area contributed by atoms with Crippen molar-refractivity contribution in [2.24, 2.45) is 5.41 Å². The maximum absolute atomic E-state index is 14.4. The van der Waals surface area contributed by atoms with Gasteiger partial charge in [0.2, 0.25) is 0 Å². The van der Waals surface area contributed by atoms with Crippen LogP contribution < -0.4 is 24.8 Å². The van der Waals surface area contributed by atoms with Crippen molar-refractivity contribution in [1.29, 1.82) is 0 Å². The van der Waals surface area contributed by atoms with Gasteiger partial charge < -0.3 is 25.1 Å². The first-order valence-corrected chi connectivity index (χ1v) is 19.9. The van der Waals surface area contributed by atoms with E-state index in [1.54, 1.807) is 24.3 Å². The maximum atomic E-state index is 14.4. The van der Waals surface area contributed by atoms with Gasteiger partial charge in [0.05, 0.1) is 34.7 Å². The number of hydrogen-bond donors (Lipinski definition) is 3. The van der Waals surface area contributed by atoms with Gasteiger partial charge in [-0.15, -0.1) is 0 Å². The summed E-state index contributed by atoms with van der Waals surface area (Å²) < 4.78 is 55.2. The third-order valence-corrected chi connectivity index (χ3v) is 12.5. The van der Waals surface area contributed by atoms with Crippen LogP contribution in [-0.2, 0) is 6.54 Å². The number of methoxy groups -OCH3 is 1. The van der Waals surface area contributed by atoms with Gasteiger partial charge in [-0.05, 0) is 91.1 Å². The molecule has 1 amide bonds. The maximum Gasteiger partial charge on any atom is 0.293 e. The Hall–Kier alpha value is -5.52. The number of aromatic amines is 1. The molecule has 4 heterocycles. The Morgan fingerprint density at radius 3 is 2.55 bits per heavy atom. The number of H-pyrrole nitrogens is 1. The fourth-order valence-electron chi connectivity index (χ4n) is 8.44. The first-order chi connectivity index (χ1) is 28.0. The molecule has 5 aromatic rings. The van der Waals surface area contributed by atoms with Crippen LogP contribution in [0.3, 0.4) is 0 Å². The minimum atomic E-state index is -2.57. The molecule has 304 valence electrons. The molecule has 13 nitrogen and oxygen atoms in total. The van der Waals surface area contributed by atoms with Crippen molar-refractivity contribution in [3.05, 3.63) is 106 Å². The fourth-order valence-corrected chi connectivity index (χ4v) is 9.07. The number of carbonyl (C=O) groups excluding carboxylic acids is 1. The van der Waals surface area contributed by atoms with Crippen LogP contribution in [-0.4, -0.2) is 83.0 Å². The van der Waals surface area contributed by atoms with E-state index in [4.69, 9.17) is 15.2 Å². The average Bonchev–Trinajstić information content (AvgIpc) is 3.58. The molecule has 2 aromatic heterocycles. The standard InChI is InChI=1S/C41H43F3N8O5S/c1-56-36-16-25(2-5-30(36)38(43)44)24-49-12-14-51(15-13-49)27-20-41(21-27)8-10-50(11-9-41)26-3-6-31(40(53)48-58-29-4-7-34(45)35(19-29)52(54)55)37(17-26)57-28-18-32-33(42)23-47-39(32)46-22-28/h2-7,16-19,22-23,27,38H,8-15,20-21,24,45H2,1H3,(H,46,47)(H,48,53). The normalized spacial score (nSPS) is 17.4. The van der Waals surface area contributed by atoms with Gasteiger partial charge in [-0.1, -0.05) is 6.07 Å². The zero-order valence-corrected chi connectivity index (χ0v) is 32.6. The van der Waals surface area contributed by atoms with Crippen molar-refractivity contribution in [2.45, 2.75) is 49.6 Å². The van der Waals surface area contributed by atoms with Crippen molar-refractivity contribution in [3.8, 4) is 17.2 Å². The number of nitro benzene ring substituents is 1. The number of piperidine rings is 1. The van der Waals surface area contributed by atoms with Crippen molar-refractivity contribution < 1.29 is 32.4 Å². The van der Waals surface area contributed by atoms with Crippen LogP contribution >= 0.6 is 11.9 Å². The summed E-state index contributed by atoms with van der Waals surface area (Å²) >= 11 is 0.915. The Bertz CT molecular complexity index is 2320.